The van der Waals surface area contributed by atoms with E-state index in [-0.39, 0.29) is 0 Å². The van der Waals surface area contributed by atoms with Crippen LogP contribution in [0.4, 0.5) is 0 Å². The zero-order valence-corrected chi connectivity index (χ0v) is 14.3. The summed E-state index contributed by atoms with van der Waals surface area (Å²) in [5.41, 5.74) is 1.11. The van der Waals surface area contributed by atoms with Crippen molar-refractivity contribution in [3.63, 3.8) is 0 Å². The molecule has 0 amide bonds. The van der Waals surface area contributed by atoms with Crippen molar-refractivity contribution < 1.29 is 4.74 Å². The normalized spacial score (nSPS) is 14.2. The second-order valence-electron chi connectivity index (χ2n) is 5.08. The molecule has 1 fully saturated rings. The zero-order valence-electron chi connectivity index (χ0n) is 11.2. The van der Waals surface area contributed by atoms with Gasteiger partial charge in [0.05, 0.1) is 5.02 Å². The van der Waals surface area contributed by atoms with Crippen molar-refractivity contribution >= 4 is 39.1 Å². The standard InChI is InChI=1S/C16H14BrCl2NO/c17-11-2-1-10(9-20-13-4-5-13)16(7-11)21-15-6-3-12(18)8-14(15)19/h1-3,6-8,13,20H,4-5,9H2. The van der Waals surface area contributed by atoms with Crippen LogP contribution < -0.4 is 10.1 Å². The summed E-state index contributed by atoms with van der Waals surface area (Å²) >= 11 is 15.6. The molecule has 3 rings (SSSR count). The SMILES string of the molecule is Clc1ccc(Oc2cc(Br)ccc2CNC2CC2)c(Cl)c1. The van der Waals surface area contributed by atoms with Crippen LogP contribution in [0.15, 0.2) is 40.9 Å². The third-order valence-corrected chi connectivity index (χ3v) is 4.33. The number of nitrogens with one attached hydrogen (secondary N) is 1. The average Bonchev–Trinajstić information content (AvgIpc) is 3.25. The maximum Gasteiger partial charge on any atom is 0.146 e. The Balaban J connectivity index is 1.83. The third kappa shape index (κ3) is 4.13. The van der Waals surface area contributed by atoms with Crippen molar-refractivity contribution in [2.75, 3.05) is 0 Å². The molecule has 2 nitrogen and oxygen atoms in total. The van der Waals surface area contributed by atoms with Crippen LogP contribution in [0, 0.1) is 0 Å². The van der Waals surface area contributed by atoms with Crippen LogP contribution in [0.5, 0.6) is 11.5 Å². The maximum absolute atomic E-state index is 6.17. The molecule has 1 N–H and O–H groups in total. The predicted octanol–water partition coefficient (Wildman–Crippen LogP) is 5.80. The zero-order chi connectivity index (χ0) is 14.8. The first-order valence-corrected chi connectivity index (χ1v) is 8.31. The van der Waals surface area contributed by atoms with Gasteiger partial charge in [0.2, 0.25) is 0 Å². The second-order valence-corrected chi connectivity index (χ2v) is 6.84. The molecule has 21 heavy (non-hydrogen) atoms. The van der Waals surface area contributed by atoms with Gasteiger partial charge in [-0.2, -0.15) is 0 Å². The number of rotatable bonds is 5. The molecular formula is C16H14BrCl2NO. The first-order valence-electron chi connectivity index (χ1n) is 6.76. The van der Waals surface area contributed by atoms with E-state index < -0.39 is 0 Å². The minimum atomic E-state index is 0.503. The number of benzene rings is 2. The average molecular weight is 387 g/mol. The van der Waals surface area contributed by atoms with Crippen molar-refractivity contribution in [2.24, 2.45) is 0 Å². The van der Waals surface area contributed by atoms with Crippen LogP contribution in [-0.2, 0) is 6.54 Å². The van der Waals surface area contributed by atoms with Gasteiger partial charge in [0, 0.05) is 27.6 Å². The molecule has 1 saturated carbocycles. The molecule has 0 unspecified atom stereocenters. The summed E-state index contributed by atoms with van der Waals surface area (Å²) in [4.78, 5) is 0. The monoisotopic (exact) mass is 385 g/mol. The van der Waals surface area contributed by atoms with Gasteiger partial charge in [-0.3, -0.25) is 0 Å². The molecule has 2 aromatic carbocycles. The molecule has 0 aliphatic heterocycles. The van der Waals surface area contributed by atoms with Crippen molar-refractivity contribution in [3.8, 4) is 11.5 Å². The summed E-state index contributed by atoms with van der Waals surface area (Å²) in [6.45, 7) is 0.790. The quantitative estimate of drug-likeness (QED) is 0.700. The molecule has 1 aliphatic rings. The molecule has 0 spiro atoms. The minimum Gasteiger partial charge on any atom is -0.455 e. The number of ether oxygens (including phenoxy) is 1. The fourth-order valence-corrected chi connectivity index (χ4v) is 2.77. The lowest BCUT2D eigenvalue weighted by Gasteiger charge is -2.13. The van der Waals surface area contributed by atoms with Crippen LogP contribution >= 0.6 is 39.1 Å². The summed E-state index contributed by atoms with van der Waals surface area (Å²) in [5.74, 6) is 1.40. The molecule has 2 aromatic rings. The van der Waals surface area contributed by atoms with Gasteiger partial charge >= 0.3 is 0 Å². The molecule has 0 saturated heterocycles. The Labute approximate surface area is 142 Å². The highest BCUT2D eigenvalue weighted by atomic mass is 79.9. The Hall–Kier alpha value is -0.740. The maximum atomic E-state index is 6.17. The van der Waals surface area contributed by atoms with Gasteiger partial charge in [0.25, 0.3) is 0 Å². The summed E-state index contributed by atoms with van der Waals surface area (Å²) in [6, 6.07) is 11.9. The molecule has 0 heterocycles. The molecule has 110 valence electrons. The Kier molecular flexibility index (Phi) is 4.75. The largest absolute Gasteiger partial charge is 0.455 e. The van der Waals surface area contributed by atoms with Gasteiger partial charge in [-0.1, -0.05) is 45.2 Å². The number of halogens is 3. The van der Waals surface area contributed by atoms with E-state index in [9.17, 15) is 0 Å². The van der Waals surface area contributed by atoms with Crippen molar-refractivity contribution in [1.82, 2.24) is 5.32 Å². The van der Waals surface area contributed by atoms with Gasteiger partial charge in [-0.15, -0.1) is 0 Å². The molecule has 0 bridgehead atoms. The van der Waals surface area contributed by atoms with E-state index in [0.717, 1.165) is 22.3 Å². The lowest BCUT2D eigenvalue weighted by molar-refractivity contribution is 0.472. The second kappa shape index (κ2) is 6.57. The first-order chi connectivity index (χ1) is 10.1. The highest BCUT2D eigenvalue weighted by molar-refractivity contribution is 9.10. The van der Waals surface area contributed by atoms with Gasteiger partial charge < -0.3 is 10.1 Å². The Bertz CT molecular complexity index is 659. The van der Waals surface area contributed by atoms with Crippen molar-refractivity contribution in [1.29, 1.82) is 0 Å². The van der Waals surface area contributed by atoms with Crippen LogP contribution in [0.1, 0.15) is 18.4 Å². The topological polar surface area (TPSA) is 21.3 Å². The summed E-state index contributed by atoms with van der Waals surface area (Å²) in [7, 11) is 0. The predicted molar refractivity (Wildman–Crippen MR) is 90.5 cm³/mol. The smallest absolute Gasteiger partial charge is 0.146 e. The van der Waals surface area contributed by atoms with Gasteiger partial charge in [-0.25, -0.2) is 0 Å². The van der Waals surface area contributed by atoms with E-state index >= 15 is 0 Å². The fourth-order valence-electron chi connectivity index (χ4n) is 1.99. The highest BCUT2D eigenvalue weighted by Crippen LogP contribution is 2.34. The lowest BCUT2D eigenvalue weighted by Crippen LogP contribution is -2.15. The van der Waals surface area contributed by atoms with Crippen LogP contribution in [0.2, 0.25) is 10.0 Å². The Morgan fingerprint density at radius 1 is 1.10 bits per heavy atom. The van der Waals surface area contributed by atoms with E-state index in [0.29, 0.717) is 21.8 Å². The molecule has 0 atom stereocenters. The van der Waals surface area contributed by atoms with Crippen molar-refractivity contribution in [3.05, 3.63) is 56.5 Å². The molecule has 5 heteroatoms. The minimum absolute atomic E-state index is 0.503. The van der Waals surface area contributed by atoms with Crippen LogP contribution in [-0.4, -0.2) is 6.04 Å². The molecule has 1 aliphatic carbocycles. The Morgan fingerprint density at radius 3 is 2.62 bits per heavy atom. The van der Waals surface area contributed by atoms with Gasteiger partial charge in [0.1, 0.15) is 11.5 Å². The van der Waals surface area contributed by atoms with E-state index in [1.165, 1.54) is 12.8 Å². The number of hydrogen-bond acceptors (Lipinski definition) is 2. The molecular weight excluding hydrogens is 373 g/mol. The van der Waals surface area contributed by atoms with E-state index in [2.05, 4.69) is 27.3 Å². The first kappa shape index (κ1) is 15.2. The summed E-state index contributed by atoms with van der Waals surface area (Å²) in [5, 5.41) is 4.59. The highest BCUT2D eigenvalue weighted by Gasteiger charge is 2.20. The lowest BCUT2D eigenvalue weighted by atomic mass is 10.2. The van der Waals surface area contributed by atoms with E-state index in [1.54, 1.807) is 18.2 Å². The van der Waals surface area contributed by atoms with Crippen LogP contribution in [0.25, 0.3) is 0 Å². The number of hydrogen-bond donors (Lipinski definition) is 1. The third-order valence-electron chi connectivity index (χ3n) is 3.30. The van der Waals surface area contributed by atoms with Gasteiger partial charge in [0.15, 0.2) is 0 Å². The van der Waals surface area contributed by atoms with Gasteiger partial charge in [-0.05, 0) is 43.2 Å². The Morgan fingerprint density at radius 2 is 1.90 bits per heavy atom. The van der Waals surface area contributed by atoms with Crippen LogP contribution in [0.3, 0.4) is 0 Å². The summed E-state index contributed by atoms with van der Waals surface area (Å²) < 4.78 is 6.94. The fraction of sp³-hybridized carbons (Fsp3) is 0.250. The van der Waals surface area contributed by atoms with Crippen molar-refractivity contribution in [2.45, 2.75) is 25.4 Å². The summed E-state index contributed by atoms with van der Waals surface area (Å²) in [6.07, 6.45) is 2.52. The van der Waals surface area contributed by atoms with E-state index in [4.69, 9.17) is 27.9 Å². The van der Waals surface area contributed by atoms with E-state index in [1.807, 2.05) is 12.1 Å². The molecule has 0 radical (unpaired) electrons. The molecule has 0 aromatic heterocycles.